The molecule has 0 rings (SSSR count). The zero-order valence-corrected chi connectivity index (χ0v) is 20.4. The van der Waals surface area contributed by atoms with Crippen LogP contribution in [0.2, 0.25) is 0 Å². The van der Waals surface area contributed by atoms with Crippen molar-refractivity contribution in [1.82, 2.24) is 0 Å². The van der Waals surface area contributed by atoms with E-state index in [1.165, 1.54) is 5.75 Å². The second-order valence-electron chi connectivity index (χ2n) is 2.27. The third-order valence-electron chi connectivity index (χ3n) is 1.19. The number of hydrogen-bond acceptors (Lipinski definition) is 8. The van der Waals surface area contributed by atoms with Crippen LogP contribution in [0.25, 0.3) is 0 Å². The van der Waals surface area contributed by atoms with Crippen LogP contribution in [0, 0.1) is 0 Å². The Hall–Kier alpha value is 2.92. The van der Waals surface area contributed by atoms with E-state index in [0.717, 1.165) is 28.8 Å². The SMILES string of the molecule is SCCSCC(CS)SCCS.[O]=[Bi].[O]=[Bi]=[O]. The first-order valence-electron chi connectivity index (χ1n) is 4.41. The molecule has 2 radical (unpaired) electrons. The van der Waals surface area contributed by atoms with Gasteiger partial charge in [0.05, 0.1) is 0 Å². The zero-order valence-electron chi connectivity index (χ0n) is 9.10. The Bertz CT molecular complexity index is 172. The fraction of sp³-hybridized carbons (Fsp3) is 1.00. The quantitative estimate of drug-likeness (QED) is 0.202. The first-order chi connectivity index (χ1) is 8.26. The summed E-state index contributed by atoms with van der Waals surface area (Å²) in [5.74, 6) is 6.39. The van der Waals surface area contributed by atoms with Gasteiger partial charge >= 0.3 is 56.4 Å². The van der Waals surface area contributed by atoms with Gasteiger partial charge in [-0.2, -0.15) is 61.4 Å². The van der Waals surface area contributed by atoms with Crippen LogP contribution >= 0.6 is 61.4 Å². The molecule has 0 N–H and O–H groups in total. The predicted molar refractivity (Wildman–Crippen MR) is 88.7 cm³/mol. The molecule has 0 aliphatic rings. The van der Waals surface area contributed by atoms with Crippen molar-refractivity contribution < 1.29 is 8.44 Å². The van der Waals surface area contributed by atoms with Crippen molar-refractivity contribution in [3.05, 3.63) is 0 Å². The van der Waals surface area contributed by atoms with Crippen LogP contribution in [-0.2, 0) is 8.44 Å². The summed E-state index contributed by atoms with van der Waals surface area (Å²) in [6, 6.07) is 0. The molecule has 0 aromatic heterocycles. The summed E-state index contributed by atoms with van der Waals surface area (Å²) in [6.45, 7) is 0. The molecule has 17 heavy (non-hydrogen) atoms. The predicted octanol–water partition coefficient (Wildman–Crippen LogP) is 1.49. The van der Waals surface area contributed by atoms with Gasteiger partial charge in [-0.3, -0.25) is 0 Å². The minimum absolute atomic E-state index is 0.194. The summed E-state index contributed by atoms with van der Waals surface area (Å²) in [4.78, 5) is 0. The topological polar surface area (TPSA) is 51.2 Å². The van der Waals surface area contributed by atoms with Gasteiger partial charge in [-0.25, -0.2) is 0 Å². The van der Waals surface area contributed by atoms with Gasteiger partial charge in [-0.15, -0.1) is 0 Å². The number of thiol groups is 3. The van der Waals surface area contributed by atoms with Crippen molar-refractivity contribution in [1.29, 1.82) is 0 Å². The molecule has 0 aliphatic carbocycles. The van der Waals surface area contributed by atoms with Crippen molar-refractivity contribution in [3.63, 3.8) is 0 Å². The average molecular weight is 726 g/mol. The standard InChI is InChI=1S/C7H16S5.2Bi.3O/c8-1-3-11-6-7(5-10)12-4-2-9;;;;;/h7-10H,1-6H2;;;;;. The average Bonchev–Trinajstić information content (AvgIpc) is 2.37. The maximum absolute atomic E-state index is 8.56. The molecule has 0 saturated heterocycles. The van der Waals surface area contributed by atoms with E-state index in [1.54, 1.807) is 0 Å². The second-order valence-corrected chi connectivity index (χ2v) is 6.67. The third kappa shape index (κ3) is 28.0. The van der Waals surface area contributed by atoms with E-state index in [-0.39, 0.29) is 24.7 Å². The molecule has 10 heteroatoms. The van der Waals surface area contributed by atoms with E-state index in [4.69, 9.17) is 8.44 Å². The first-order valence-corrected chi connectivity index (χ1v) is 12.8. The van der Waals surface area contributed by atoms with Crippen LogP contribution in [-0.4, -0.2) is 87.7 Å². The Morgan fingerprint density at radius 2 is 1.53 bits per heavy atom. The van der Waals surface area contributed by atoms with Crippen molar-refractivity contribution in [2.75, 3.05) is 34.5 Å². The van der Waals surface area contributed by atoms with E-state index < -0.39 is 23.2 Å². The van der Waals surface area contributed by atoms with Crippen molar-refractivity contribution in [2.45, 2.75) is 5.25 Å². The summed E-state index contributed by atoms with van der Waals surface area (Å²) in [5.41, 5.74) is 0. The summed E-state index contributed by atoms with van der Waals surface area (Å²) >= 11 is 14.5. The van der Waals surface area contributed by atoms with E-state index >= 15 is 0 Å². The molecule has 0 aliphatic heterocycles. The molecule has 0 spiro atoms. The van der Waals surface area contributed by atoms with E-state index in [9.17, 15) is 0 Å². The fourth-order valence-corrected chi connectivity index (χ4v) is 3.87. The van der Waals surface area contributed by atoms with E-state index in [1.807, 2.05) is 23.5 Å². The summed E-state index contributed by atoms with van der Waals surface area (Å²) in [6.07, 6.45) is 0. The van der Waals surface area contributed by atoms with Gasteiger partial charge < -0.3 is 0 Å². The fourth-order valence-electron chi connectivity index (χ4n) is 0.652. The number of thioether (sulfide) groups is 2. The Labute approximate surface area is 155 Å². The molecular weight excluding hydrogens is 710 g/mol. The van der Waals surface area contributed by atoms with Gasteiger partial charge in [-0.1, -0.05) is 0 Å². The second kappa shape index (κ2) is 27.3. The molecule has 102 valence electrons. The third-order valence-corrected chi connectivity index (χ3v) is 5.51. The molecule has 0 heterocycles. The van der Waals surface area contributed by atoms with Crippen molar-refractivity contribution in [3.8, 4) is 0 Å². The van der Waals surface area contributed by atoms with Gasteiger partial charge in [0.1, 0.15) is 0 Å². The normalized spacial score (nSPS) is 10.1. The van der Waals surface area contributed by atoms with Gasteiger partial charge in [-0.05, 0) is 11.5 Å². The maximum atomic E-state index is 8.56. The Morgan fingerprint density at radius 1 is 1.06 bits per heavy atom. The Balaban J connectivity index is -0.000000337. The summed E-state index contributed by atoms with van der Waals surface area (Å²) in [5, 5.41) is 0.686. The van der Waals surface area contributed by atoms with Crippen LogP contribution in [0.5, 0.6) is 0 Å². The zero-order chi connectivity index (χ0) is 13.9. The Morgan fingerprint density at radius 3 is 1.88 bits per heavy atom. The molecule has 0 saturated carbocycles. The van der Waals surface area contributed by atoms with Crippen LogP contribution in [0.3, 0.4) is 0 Å². The van der Waals surface area contributed by atoms with Gasteiger partial charge in [0.25, 0.3) is 0 Å². The van der Waals surface area contributed by atoms with Gasteiger partial charge in [0.2, 0.25) is 0 Å². The molecule has 3 nitrogen and oxygen atoms in total. The van der Waals surface area contributed by atoms with Crippen LogP contribution < -0.4 is 0 Å². The van der Waals surface area contributed by atoms with Gasteiger partial charge in [0, 0.05) is 28.3 Å². The van der Waals surface area contributed by atoms with Gasteiger partial charge in [0.15, 0.2) is 0 Å². The van der Waals surface area contributed by atoms with Crippen LogP contribution in [0.15, 0.2) is 0 Å². The summed E-state index contributed by atoms with van der Waals surface area (Å²) < 4.78 is 25.5. The first kappa shape index (κ1) is 24.9. The molecular formula is C7H16Bi2O3S5. The molecule has 0 fully saturated rings. The molecule has 0 aromatic carbocycles. The summed E-state index contributed by atoms with van der Waals surface area (Å²) in [7, 11) is 0. The minimum atomic E-state index is -2.33. The number of hydrogen-bond donors (Lipinski definition) is 3. The van der Waals surface area contributed by atoms with E-state index in [2.05, 4.69) is 37.9 Å². The monoisotopic (exact) mass is 726 g/mol. The van der Waals surface area contributed by atoms with Crippen molar-refractivity contribution in [2.24, 2.45) is 0 Å². The molecule has 0 amide bonds. The Kier molecular flexibility index (Phi) is 40.0. The van der Waals surface area contributed by atoms with Crippen molar-refractivity contribution >= 4 is 109 Å². The molecule has 0 bridgehead atoms. The molecule has 1 unspecified atom stereocenters. The van der Waals surface area contributed by atoms with Crippen LogP contribution in [0.4, 0.5) is 0 Å². The molecule has 1 atom stereocenters. The van der Waals surface area contributed by atoms with Crippen LogP contribution in [0.1, 0.15) is 0 Å². The van der Waals surface area contributed by atoms with E-state index in [0.29, 0.717) is 5.25 Å². The molecule has 0 aromatic rings. The number of rotatable bonds is 8.